The molecule has 1 aliphatic rings. The Balaban J connectivity index is 1.55. The van der Waals surface area contributed by atoms with Crippen LogP contribution in [0.4, 0.5) is 8.78 Å². The lowest BCUT2D eigenvalue weighted by molar-refractivity contribution is 0.146. The number of guanidine groups is 1. The van der Waals surface area contributed by atoms with Gasteiger partial charge in [0.05, 0.1) is 17.6 Å². The van der Waals surface area contributed by atoms with E-state index in [1.807, 2.05) is 65.8 Å². The van der Waals surface area contributed by atoms with Crippen LogP contribution in [0.2, 0.25) is 0 Å². The lowest BCUT2D eigenvalue weighted by Crippen LogP contribution is -2.25. The van der Waals surface area contributed by atoms with E-state index in [0.29, 0.717) is 29.8 Å². The molecule has 43 heavy (non-hydrogen) atoms. The second kappa shape index (κ2) is 15.0. The van der Waals surface area contributed by atoms with Gasteiger partial charge in [-0.15, -0.1) is 0 Å². The van der Waals surface area contributed by atoms with E-state index in [2.05, 4.69) is 15.0 Å². The van der Waals surface area contributed by atoms with E-state index in [1.54, 1.807) is 19.2 Å². The fourth-order valence-corrected chi connectivity index (χ4v) is 5.34. The second-order valence-corrected chi connectivity index (χ2v) is 11.6. The third-order valence-corrected chi connectivity index (χ3v) is 7.96. The van der Waals surface area contributed by atoms with Crippen molar-refractivity contribution in [2.24, 2.45) is 15.7 Å². The highest BCUT2D eigenvalue weighted by molar-refractivity contribution is 7.81. The lowest BCUT2D eigenvalue weighted by atomic mass is 10.0. The number of halogens is 2. The van der Waals surface area contributed by atoms with E-state index in [4.69, 9.17) is 15.2 Å². The predicted octanol–water partition coefficient (Wildman–Crippen LogP) is 5.53. The number of pyridine rings is 1. The normalized spacial score (nSPS) is 17.4. The van der Waals surface area contributed by atoms with Crippen molar-refractivity contribution >= 4 is 34.5 Å². The van der Waals surface area contributed by atoms with Gasteiger partial charge in [-0.05, 0) is 67.3 Å². The zero-order chi connectivity index (χ0) is 30.9. The molecule has 0 aliphatic carbocycles. The van der Waals surface area contributed by atoms with Crippen LogP contribution in [0, 0.1) is 13.8 Å². The van der Waals surface area contributed by atoms with E-state index >= 15 is 0 Å². The van der Waals surface area contributed by atoms with Crippen molar-refractivity contribution in [1.29, 1.82) is 0 Å². The topological polar surface area (TPSA) is 102 Å². The smallest absolute Gasteiger partial charge is 0.280 e. The molecule has 0 bridgehead atoms. The molecule has 1 fully saturated rings. The molecule has 1 aromatic heterocycles. The highest BCUT2D eigenvalue weighted by Crippen LogP contribution is 2.27. The summed E-state index contributed by atoms with van der Waals surface area (Å²) < 4.78 is 53.3. The number of aliphatic imine (C=N–C) groups is 2. The fourth-order valence-electron chi connectivity index (χ4n) is 4.60. The molecular formula is C32H37F2N5O3S. The Hall–Kier alpha value is -3.96. The number of aryl methyl sites for hydroxylation is 2. The molecule has 4 rings (SSSR count). The van der Waals surface area contributed by atoms with Crippen LogP contribution in [0.1, 0.15) is 46.5 Å². The van der Waals surface area contributed by atoms with Gasteiger partial charge in [0.2, 0.25) is 11.9 Å². The molecule has 228 valence electrons. The molecule has 1 saturated heterocycles. The summed E-state index contributed by atoms with van der Waals surface area (Å²) in [4.78, 5) is 12.4. The van der Waals surface area contributed by atoms with Gasteiger partial charge in [-0.1, -0.05) is 42.0 Å². The van der Waals surface area contributed by atoms with Gasteiger partial charge in [-0.25, -0.2) is 17.3 Å². The summed E-state index contributed by atoms with van der Waals surface area (Å²) in [7, 11) is 0.519. The number of alkyl halides is 2. The molecular weight excluding hydrogens is 572 g/mol. The van der Waals surface area contributed by atoms with Crippen molar-refractivity contribution in [2.75, 3.05) is 33.0 Å². The average Bonchev–Trinajstić information content (AvgIpc) is 3.46. The summed E-state index contributed by atoms with van der Waals surface area (Å²) in [5.74, 6) is 0.899. The highest BCUT2D eigenvalue weighted by atomic mass is 32.2. The summed E-state index contributed by atoms with van der Waals surface area (Å²) in [6.45, 7) is 5.29. The third-order valence-electron chi connectivity index (χ3n) is 6.90. The maximum atomic E-state index is 13.7. The van der Waals surface area contributed by atoms with Crippen LogP contribution < -0.4 is 10.5 Å². The number of hydrogen-bond donors (Lipinski definition) is 1. The second-order valence-electron chi connectivity index (χ2n) is 10.3. The van der Waals surface area contributed by atoms with Gasteiger partial charge in [0.1, 0.15) is 17.5 Å². The Morgan fingerprint density at radius 3 is 2.51 bits per heavy atom. The first kappa shape index (κ1) is 32.0. The van der Waals surface area contributed by atoms with Crippen LogP contribution in [0.25, 0.3) is 11.6 Å². The molecule has 0 saturated carbocycles. The summed E-state index contributed by atoms with van der Waals surface area (Å²) in [6.07, 6.45) is 2.15. The maximum Gasteiger partial charge on any atom is 0.280 e. The fraction of sp³-hybridized carbons (Fsp3) is 0.344. The van der Waals surface area contributed by atoms with E-state index in [1.165, 1.54) is 13.1 Å². The quantitative estimate of drug-likeness (QED) is 0.241. The Morgan fingerprint density at radius 1 is 1.16 bits per heavy atom. The van der Waals surface area contributed by atoms with Crippen molar-refractivity contribution in [1.82, 2.24) is 9.29 Å². The Kier molecular flexibility index (Phi) is 11.1. The number of rotatable bonds is 10. The van der Waals surface area contributed by atoms with Gasteiger partial charge in [0.15, 0.2) is 0 Å². The number of nitrogens with zero attached hydrogens (tertiary/aromatic N) is 4. The first-order valence-electron chi connectivity index (χ1n) is 13.9. The number of ether oxygens (including phenoxy) is 2. The molecule has 11 heteroatoms. The molecule has 0 spiro atoms. The Morgan fingerprint density at radius 2 is 1.88 bits per heavy atom. The molecule has 8 nitrogen and oxygen atoms in total. The molecule has 3 aromatic rings. The minimum Gasteiger partial charge on any atom is -0.489 e. The standard InChI is InChI=1S/C32H37F2N5O3S/c1-21-5-7-24(8-6-21)18-28(25-17-22(2)37-29(19-25)30(33)34)31(38-32(35)36-3)41-16-14-23-9-11-26(12-10-23)42-27-13-15-39(20-27)43(4)40/h5-12,17-19,27,30H,13-16,20H2,1-4H3,(H2,35,36)/b28-18+,38-31+. The predicted molar refractivity (Wildman–Crippen MR) is 169 cm³/mol. The maximum absolute atomic E-state index is 13.7. The van der Waals surface area contributed by atoms with Crippen LogP contribution in [-0.4, -0.2) is 64.5 Å². The first-order chi connectivity index (χ1) is 20.6. The largest absolute Gasteiger partial charge is 0.489 e. The average molecular weight is 610 g/mol. The monoisotopic (exact) mass is 609 g/mol. The minimum atomic E-state index is -2.74. The zero-order valence-corrected chi connectivity index (χ0v) is 25.6. The lowest BCUT2D eigenvalue weighted by Gasteiger charge is -2.16. The summed E-state index contributed by atoms with van der Waals surface area (Å²) >= 11 is 0. The van der Waals surface area contributed by atoms with Crippen molar-refractivity contribution in [2.45, 2.75) is 39.2 Å². The SMILES string of the molecule is CN=C(N)/N=C(OCCc1ccc(OC2CCN(S(C)=O)C2)cc1)\C(=C\c1ccc(C)cc1)c1cc(C)nc(C(F)F)c1. The van der Waals surface area contributed by atoms with E-state index in [-0.39, 0.29) is 30.3 Å². The van der Waals surface area contributed by atoms with Gasteiger partial charge >= 0.3 is 0 Å². The third kappa shape index (κ3) is 9.26. The van der Waals surface area contributed by atoms with Crippen LogP contribution in [0.3, 0.4) is 0 Å². The Labute approximate surface area is 254 Å². The molecule has 1 aliphatic heterocycles. The number of aromatic nitrogens is 1. The van der Waals surface area contributed by atoms with Gasteiger partial charge in [0.25, 0.3) is 6.43 Å². The molecule has 2 aromatic carbocycles. The van der Waals surface area contributed by atoms with Crippen molar-refractivity contribution in [3.63, 3.8) is 0 Å². The molecule has 0 radical (unpaired) electrons. The molecule has 2 heterocycles. The van der Waals surface area contributed by atoms with Crippen molar-refractivity contribution in [3.8, 4) is 5.75 Å². The molecule has 2 unspecified atom stereocenters. The van der Waals surface area contributed by atoms with Crippen molar-refractivity contribution in [3.05, 3.63) is 94.3 Å². The van der Waals surface area contributed by atoms with E-state index < -0.39 is 17.4 Å². The Bertz CT molecular complexity index is 1510. The molecule has 0 amide bonds. The minimum absolute atomic E-state index is 0.00342. The van der Waals surface area contributed by atoms with Gasteiger partial charge in [0, 0.05) is 44.1 Å². The number of hydrogen-bond acceptors (Lipinski definition) is 5. The number of benzene rings is 2. The summed E-state index contributed by atoms with van der Waals surface area (Å²) in [5.41, 5.74) is 9.98. The number of nitrogens with two attached hydrogens (primary N) is 1. The van der Waals surface area contributed by atoms with Crippen LogP contribution in [0.15, 0.2) is 70.6 Å². The van der Waals surface area contributed by atoms with Gasteiger partial charge in [-0.3, -0.25) is 9.98 Å². The highest BCUT2D eigenvalue weighted by Gasteiger charge is 2.26. The molecule has 2 N–H and O–H groups in total. The van der Waals surface area contributed by atoms with Gasteiger partial charge < -0.3 is 15.2 Å². The van der Waals surface area contributed by atoms with E-state index in [9.17, 15) is 13.0 Å². The zero-order valence-electron chi connectivity index (χ0n) is 24.8. The first-order valence-corrected chi connectivity index (χ1v) is 15.5. The van der Waals surface area contributed by atoms with Crippen LogP contribution >= 0.6 is 0 Å². The van der Waals surface area contributed by atoms with Crippen LogP contribution in [0.5, 0.6) is 5.75 Å². The van der Waals surface area contributed by atoms with E-state index in [0.717, 1.165) is 35.4 Å². The van der Waals surface area contributed by atoms with Crippen molar-refractivity contribution < 1.29 is 22.5 Å². The molecule has 2 atom stereocenters. The summed E-state index contributed by atoms with van der Waals surface area (Å²) in [5, 5.41) is 0. The summed E-state index contributed by atoms with van der Waals surface area (Å²) in [6, 6.07) is 18.6. The van der Waals surface area contributed by atoms with Crippen LogP contribution in [-0.2, 0) is 22.1 Å². The van der Waals surface area contributed by atoms with Gasteiger partial charge in [-0.2, -0.15) is 4.99 Å².